The molecule has 0 radical (unpaired) electrons. The fraction of sp³-hybridized carbons (Fsp3) is 0.364. The molecule has 1 aliphatic carbocycles. The van der Waals surface area contributed by atoms with Gasteiger partial charge in [-0.05, 0) is 35.4 Å². The van der Waals surface area contributed by atoms with Gasteiger partial charge in [0.15, 0.2) is 0 Å². The van der Waals surface area contributed by atoms with Gasteiger partial charge in [0, 0.05) is 12.5 Å². The molecule has 1 aliphatic rings. The highest BCUT2D eigenvalue weighted by atomic mass is 16.2. The maximum absolute atomic E-state index is 13.1. The second-order valence-corrected chi connectivity index (χ2v) is 7.20. The summed E-state index contributed by atoms with van der Waals surface area (Å²) in [5.74, 6) is -0.660. The molecular weight excluding hydrogens is 338 g/mol. The van der Waals surface area contributed by atoms with Crippen molar-refractivity contribution in [3.63, 3.8) is 0 Å². The Morgan fingerprint density at radius 3 is 2.30 bits per heavy atom. The standard InChI is InChI=1S/C22H27N3O2/c23-14-15-10-12-16(13-11-15)18-8-4-5-9-19(18)22(27)25-20(21(24)26)17-6-2-1-3-7-17/h1-3,6-7,10-13,18-20H,4-5,8-9,14,23H2,(H2,24,26)(H,25,27). The van der Waals surface area contributed by atoms with Crippen molar-refractivity contribution in [2.45, 2.75) is 44.2 Å². The lowest BCUT2D eigenvalue weighted by atomic mass is 9.74. The van der Waals surface area contributed by atoms with Crippen LogP contribution in [-0.2, 0) is 16.1 Å². The SMILES string of the molecule is NCc1ccc(C2CCCCC2C(=O)NC(C(N)=O)c2ccccc2)cc1. The van der Waals surface area contributed by atoms with E-state index in [2.05, 4.69) is 17.4 Å². The van der Waals surface area contributed by atoms with Crippen LogP contribution in [0, 0.1) is 5.92 Å². The minimum Gasteiger partial charge on any atom is -0.368 e. The summed E-state index contributed by atoms with van der Waals surface area (Å²) in [6.07, 6.45) is 3.90. The molecule has 2 aromatic carbocycles. The van der Waals surface area contributed by atoms with Gasteiger partial charge in [0.25, 0.3) is 0 Å². The van der Waals surface area contributed by atoms with E-state index in [1.165, 1.54) is 0 Å². The molecule has 142 valence electrons. The van der Waals surface area contributed by atoms with Crippen LogP contribution in [0.3, 0.4) is 0 Å². The number of carbonyl (C=O) groups excluding carboxylic acids is 2. The van der Waals surface area contributed by atoms with Crippen LogP contribution in [0.1, 0.15) is 54.3 Å². The van der Waals surface area contributed by atoms with Crippen molar-refractivity contribution in [3.8, 4) is 0 Å². The predicted octanol–water partition coefficient (Wildman–Crippen LogP) is 2.76. The highest BCUT2D eigenvalue weighted by molar-refractivity contribution is 5.89. The van der Waals surface area contributed by atoms with Crippen LogP contribution in [0.15, 0.2) is 54.6 Å². The Balaban J connectivity index is 1.78. The van der Waals surface area contributed by atoms with Gasteiger partial charge in [0.1, 0.15) is 6.04 Å². The van der Waals surface area contributed by atoms with Crippen LogP contribution in [0.2, 0.25) is 0 Å². The van der Waals surface area contributed by atoms with E-state index in [0.29, 0.717) is 12.1 Å². The molecule has 0 saturated heterocycles. The summed E-state index contributed by atoms with van der Waals surface area (Å²) in [6.45, 7) is 0.506. The summed E-state index contributed by atoms with van der Waals surface area (Å²) in [5, 5.41) is 2.89. The molecule has 2 amide bonds. The highest BCUT2D eigenvalue weighted by Gasteiger charge is 2.34. The van der Waals surface area contributed by atoms with E-state index >= 15 is 0 Å². The van der Waals surface area contributed by atoms with E-state index in [4.69, 9.17) is 11.5 Å². The average Bonchev–Trinajstić information content (AvgIpc) is 2.72. The second-order valence-electron chi connectivity index (χ2n) is 7.20. The molecule has 5 nitrogen and oxygen atoms in total. The molecule has 27 heavy (non-hydrogen) atoms. The van der Waals surface area contributed by atoms with Crippen LogP contribution >= 0.6 is 0 Å². The molecular formula is C22H27N3O2. The van der Waals surface area contributed by atoms with E-state index in [9.17, 15) is 9.59 Å². The van der Waals surface area contributed by atoms with E-state index in [0.717, 1.165) is 36.8 Å². The molecule has 0 bridgehead atoms. The molecule has 1 saturated carbocycles. The van der Waals surface area contributed by atoms with Crippen LogP contribution < -0.4 is 16.8 Å². The fourth-order valence-electron chi connectivity index (χ4n) is 3.96. The average molecular weight is 365 g/mol. The van der Waals surface area contributed by atoms with Crippen molar-refractivity contribution in [1.29, 1.82) is 0 Å². The molecule has 0 aromatic heterocycles. The number of nitrogens with two attached hydrogens (primary N) is 2. The Morgan fingerprint density at radius 2 is 1.67 bits per heavy atom. The monoisotopic (exact) mass is 365 g/mol. The van der Waals surface area contributed by atoms with Gasteiger partial charge in [0.2, 0.25) is 11.8 Å². The number of rotatable bonds is 6. The van der Waals surface area contributed by atoms with E-state index in [1.807, 2.05) is 30.3 Å². The number of benzene rings is 2. The number of carbonyl (C=O) groups is 2. The van der Waals surface area contributed by atoms with Crippen LogP contribution in [0.25, 0.3) is 0 Å². The fourth-order valence-corrected chi connectivity index (χ4v) is 3.96. The minimum atomic E-state index is -0.805. The molecule has 5 N–H and O–H groups in total. The minimum absolute atomic E-state index is 0.102. The highest BCUT2D eigenvalue weighted by Crippen LogP contribution is 2.38. The maximum atomic E-state index is 13.1. The number of primary amides is 1. The van der Waals surface area contributed by atoms with Crippen LogP contribution in [-0.4, -0.2) is 11.8 Å². The van der Waals surface area contributed by atoms with Crippen molar-refractivity contribution < 1.29 is 9.59 Å². The molecule has 1 fully saturated rings. The Morgan fingerprint density at radius 1 is 1.00 bits per heavy atom. The van der Waals surface area contributed by atoms with Crippen molar-refractivity contribution in [1.82, 2.24) is 5.32 Å². The van der Waals surface area contributed by atoms with Gasteiger partial charge in [-0.25, -0.2) is 0 Å². The van der Waals surface area contributed by atoms with Gasteiger partial charge in [-0.1, -0.05) is 67.4 Å². The van der Waals surface area contributed by atoms with Crippen LogP contribution in [0.4, 0.5) is 0 Å². The smallest absolute Gasteiger partial charge is 0.244 e. The van der Waals surface area contributed by atoms with Gasteiger partial charge in [-0.2, -0.15) is 0 Å². The van der Waals surface area contributed by atoms with Crippen molar-refractivity contribution in [2.75, 3.05) is 0 Å². The lowest BCUT2D eigenvalue weighted by Gasteiger charge is -2.32. The largest absolute Gasteiger partial charge is 0.368 e. The lowest BCUT2D eigenvalue weighted by molar-refractivity contribution is -0.131. The number of hydrogen-bond donors (Lipinski definition) is 3. The van der Waals surface area contributed by atoms with E-state index < -0.39 is 11.9 Å². The summed E-state index contributed by atoms with van der Waals surface area (Å²) >= 11 is 0. The zero-order valence-electron chi connectivity index (χ0n) is 15.4. The van der Waals surface area contributed by atoms with E-state index in [1.54, 1.807) is 12.1 Å². The molecule has 2 aromatic rings. The molecule has 3 unspecified atom stereocenters. The Bertz CT molecular complexity index is 774. The van der Waals surface area contributed by atoms with Crippen molar-refractivity contribution in [3.05, 3.63) is 71.3 Å². The number of amides is 2. The first-order valence-corrected chi connectivity index (χ1v) is 9.53. The molecule has 3 atom stereocenters. The third kappa shape index (κ3) is 4.55. The van der Waals surface area contributed by atoms with Crippen LogP contribution in [0.5, 0.6) is 0 Å². The summed E-state index contributed by atoms with van der Waals surface area (Å²) in [5.41, 5.74) is 14.2. The number of hydrogen-bond acceptors (Lipinski definition) is 3. The topological polar surface area (TPSA) is 98.2 Å². The Labute approximate surface area is 160 Å². The lowest BCUT2D eigenvalue weighted by Crippen LogP contribution is -2.42. The first-order valence-electron chi connectivity index (χ1n) is 9.53. The first-order chi connectivity index (χ1) is 13.1. The normalized spacial score (nSPS) is 20.6. The van der Waals surface area contributed by atoms with Gasteiger partial charge in [-0.3, -0.25) is 9.59 Å². The zero-order valence-corrected chi connectivity index (χ0v) is 15.4. The third-order valence-electron chi connectivity index (χ3n) is 5.45. The second kappa shape index (κ2) is 8.82. The van der Waals surface area contributed by atoms with Crippen molar-refractivity contribution in [2.24, 2.45) is 17.4 Å². The van der Waals surface area contributed by atoms with Gasteiger partial charge < -0.3 is 16.8 Å². The Hall–Kier alpha value is -2.66. The molecule has 0 spiro atoms. The molecule has 0 heterocycles. The third-order valence-corrected chi connectivity index (χ3v) is 5.45. The van der Waals surface area contributed by atoms with Gasteiger partial charge in [0.05, 0.1) is 0 Å². The van der Waals surface area contributed by atoms with Crippen molar-refractivity contribution >= 4 is 11.8 Å². The zero-order chi connectivity index (χ0) is 19.2. The predicted molar refractivity (Wildman–Crippen MR) is 106 cm³/mol. The number of nitrogens with one attached hydrogen (secondary N) is 1. The molecule has 3 rings (SSSR count). The summed E-state index contributed by atoms with van der Waals surface area (Å²) in [6, 6.07) is 16.5. The maximum Gasteiger partial charge on any atom is 0.244 e. The summed E-state index contributed by atoms with van der Waals surface area (Å²) in [7, 11) is 0. The first kappa shape index (κ1) is 19.1. The Kier molecular flexibility index (Phi) is 6.24. The quantitative estimate of drug-likeness (QED) is 0.734. The van der Waals surface area contributed by atoms with Gasteiger partial charge in [-0.15, -0.1) is 0 Å². The molecule has 5 heteroatoms. The molecule has 0 aliphatic heterocycles. The summed E-state index contributed by atoms with van der Waals surface area (Å²) in [4.78, 5) is 25.0. The summed E-state index contributed by atoms with van der Waals surface area (Å²) < 4.78 is 0. The van der Waals surface area contributed by atoms with Gasteiger partial charge >= 0.3 is 0 Å². The van der Waals surface area contributed by atoms with E-state index in [-0.39, 0.29) is 17.7 Å².